The predicted octanol–water partition coefficient (Wildman–Crippen LogP) is 2.81. The van der Waals surface area contributed by atoms with Crippen molar-refractivity contribution in [1.29, 1.82) is 0 Å². The van der Waals surface area contributed by atoms with E-state index in [9.17, 15) is 4.79 Å². The second kappa shape index (κ2) is 7.07. The smallest absolute Gasteiger partial charge is 0.227 e. The summed E-state index contributed by atoms with van der Waals surface area (Å²) in [6.07, 6.45) is 0.801. The van der Waals surface area contributed by atoms with E-state index in [-0.39, 0.29) is 11.8 Å². The lowest BCUT2D eigenvalue weighted by molar-refractivity contribution is -0.122. The summed E-state index contributed by atoms with van der Waals surface area (Å²) >= 11 is 0. The van der Waals surface area contributed by atoms with Crippen LogP contribution in [0.1, 0.15) is 36.2 Å². The Hall–Kier alpha value is -2.10. The van der Waals surface area contributed by atoms with Crippen molar-refractivity contribution in [2.75, 3.05) is 6.54 Å². The summed E-state index contributed by atoms with van der Waals surface area (Å²) in [4.78, 5) is 12.3. The van der Waals surface area contributed by atoms with Crippen LogP contribution in [0.25, 0.3) is 0 Å². The first-order valence-electron chi connectivity index (χ1n) is 7.45. The third-order valence-electron chi connectivity index (χ3n) is 3.65. The number of amides is 1. The molecule has 1 amide bonds. The van der Waals surface area contributed by atoms with Crippen LogP contribution in [0.4, 0.5) is 0 Å². The molecule has 0 fully saturated rings. The zero-order chi connectivity index (χ0) is 15.2. The molecule has 1 atom stereocenters. The van der Waals surface area contributed by atoms with Crippen molar-refractivity contribution in [3.05, 3.63) is 53.3 Å². The van der Waals surface area contributed by atoms with Gasteiger partial charge >= 0.3 is 0 Å². The Morgan fingerprint density at radius 1 is 1.29 bits per heavy atom. The van der Waals surface area contributed by atoms with Gasteiger partial charge in [0, 0.05) is 12.2 Å². The zero-order valence-electron chi connectivity index (χ0n) is 13.0. The highest BCUT2D eigenvalue weighted by molar-refractivity contribution is 5.83. The summed E-state index contributed by atoms with van der Waals surface area (Å²) in [5.74, 6) is 0.0110. The van der Waals surface area contributed by atoms with Gasteiger partial charge in [0.05, 0.1) is 18.2 Å². The Morgan fingerprint density at radius 3 is 2.57 bits per heavy atom. The van der Waals surface area contributed by atoms with Crippen LogP contribution in [0.3, 0.4) is 0 Å². The second-order valence-corrected chi connectivity index (χ2v) is 5.31. The molecule has 0 spiro atoms. The first-order valence-corrected chi connectivity index (χ1v) is 7.45. The highest BCUT2D eigenvalue weighted by Gasteiger charge is 2.17. The van der Waals surface area contributed by atoms with E-state index in [0.29, 0.717) is 13.1 Å². The predicted molar refractivity (Wildman–Crippen MR) is 84.2 cm³/mol. The fraction of sp³-hybridized carbons (Fsp3) is 0.412. The van der Waals surface area contributed by atoms with Crippen LogP contribution in [-0.2, 0) is 11.3 Å². The first kappa shape index (κ1) is 15.3. The van der Waals surface area contributed by atoms with Crippen LogP contribution in [0.15, 0.2) is 36.4 Å². The van der Waals surface area contributed by atoms with Gasteiger partial charge in [-0.3, -0.25) is 9.48 Å². The molecule has 0 aliphatic heterocycles. The van der Waals surface area contributed by atoms with Gasteiger partial charge in [0.1, 0.15) is 0 Å². The molecule has 2 rings (SSSR count). The van der Waals surface area contributed by atoms with Gasteiger partial charge in [0.25, 0.3) is 0 Å². The monoisotopic (exact) mass is 285 g/mol. The number of hydrogen-bond acceptors (Lipinski definition) is 2. The zero-order valence-corrected chi connectivity index (χ0v) is 13.0. The number of carbonyl (C=O) groups excluding carboxylic acids is 1. The number of aryl methyl sites for hydroxylation is 2. The Balaban J connectivity index is 1.90. The van der Waals surface area contributed by atoms with Gasteiger partial charge in [-0.25, -0.2) is 0 Å². The molecule has 0 aliphatic carbocycles. The summed E-state index contributed by atoms with van der Waals surface area (Å²) in [6.45, 7) is 7.35. The molecule has 1 aromatic heterocycles. The molecule has 0 saturated carbocycles. The number of carbonyl (C=O) groups is 1. The van der Waals surface area contributed by atoms with Gasteiger partial charge < -0.3 is 5.32 Å². The van der Waals surface area contributed by atoms with Gasteiger partial charge in [-0.2, -0.15) is 5.10 Å². The Labute approximate surface area is 126 Å². The molecule has 0 bridgehead atoms. The highest BCUT2D eigenvalue weighted by Crippen LogP contribution is 2.19. The quantitative estimate of drug-likeness (QED) is 0.887. The molecule has 112 valence electrons. The van der Waals surface area contributed by atoms with Crippen LogP contribution in [0.5, 0.6) is 0 Å². The Kier molecular flexibility index (Phi) is 5.14. The van der Waals surface area contributed by atoms with Gasteiger partial charge in [-0.05, 0) is 31.9 Å². The van der Waals surface area contributed by atoms with Gasteiger partial charge in [-0.15, -0.1) is 0 Å². The minimum Gasteiger partial charge on any atom is -0.354 e. The third kappa shape index (κ3) is 3.94. The third-order valence-corrected chi connectivity index (χ3v) is 3.65. The summed E-state index contributed by atoms with van der Waals surface area (Å²) in [6, 6.07) is 12.0. The molecular formula is C17H23N3O. The van der Waals surface area contributed by atoms with E-state index in [1.54, 1.807) is 0 Å². The average Bonchev–Trinajstić information content (AvgIpc) is 2.79. The Morgan fingerprint density at radius 2 is 2.00 bits per heavy atom. The van der Waals surface area contributed by atoms with Crippen LogP contribution < -0.4 is 5.32 Å². The van der Waals surface area contributed by atoms with Gasteiger partial charge in [-0.1, -0.05) is 37.3 Å². The molecule has 1 N–H and O–H groups in total. The number of nitrogens with one attached hydrogen (secondary N) is 1. The molecule has 0 saturated heterocycles. The van der Waals surface area contributed by atoms with Gasteiger partial charge in [0.2, 0.25) is 5.91 Å². The van der Waals surface area contributed by atoms with Crippen molar-refractivity contribution in [3.63, 3.8) is 0 Å². The molecule has 0 aliphatic rings. The lowest BCUT2D eigenvalue weighted by atomic mass is 9.96. The van der Waals surface area contributed by atoms with Crippen LogP contribution in [-0.4, -0.2) is 22.2 Å². The van der Waals surface area contributed by atoms with Gasteiger partial charge in [0.15, 0.2) is 0 Å². The average molecular weight is 285 g/mol. The molecule has 4 nitrogen and oxygen atoms in total. The van der Waals surface area contributed by atoms with Crippen molar-refractivity contribution < 1.29 is 4.79 Å². The van der Waals surface area contributed by atoms with E-state index in [2.05, 4.69) is 10.4 Å². The van der Waals surface area contributed by atoms with Crippen molar-refractivity contribution in [2.45, 2.75) is 39.7 Å². The molecule has 1 aromatic carbocycles. The minimum absolute atomic E-state index is 0.0772. The fourth-order valence-electron chi connectivity index (χ4n) is 2.57. The molecule has 0 radical (unpaired) electrons. The highest BCUT2D eigenvalue weighted by atomic mass is 16.1. The SMILES string of the molecule is CC[C@@H](C(=O)NCCn1nc(C)cc1C)c1ccccc1. The summed E-state index contributed by atoms with van der Waals surface area (Å²) < 4.78 is 1.93. The second-order valence-electron chi connectivity index (χ2n) is 5.31. The lowest BCUT2D eigenvalue weighted by Crippen LogP contribution is -2.32. The topological polar surface area (TPSA) is 46.9 Å². The van der Waals surface area contributed by atoms with E-state index in [4.69, 9.17) is 0 Å². The number of benzene rings is 1. The van der Waals surface area contributed by atoms with Crippen molar-refractivity contribution >= 4 is 5.91 Å². The van der Waals surface area contributed by atoms with Crippen molar-refractivity contribution in [3.8, 4) is 0 Å². The van der Waals surface area contributed by atoms with Crippen LogP contribution >= 0.6 is 0 Å². The number of hydrogen-bond donors (Lipinski definition) is 1. The fourth-order valence-corrected chi connectivity index (χ4v) is 2.57. The van der Waals surface area contributed by atoms with Crippen LogP contribution in [0.2, 0.25) is 0 Å². The molecule has 0 unspecified atom stereocenters. The van der Waals surface area contributed by atoms with E-state index in [1.807, 2.05) is 61.9 Å². The number of aromatic nitrogens is 2. The van der Waals surface area contributed by atoms with Crippen molar-refractivity contribution in [2.24, 2.45) is 0 Å². The van der Waals surface area contributed by atoms with E-state index in [1.165, 1.54) is 0 Å². The minimum atomic E-state index is -0.0772. The summed E-state index contributed by atoms with van der Waals surface area (Å²) in [5.41, 5.74) is 3.20. The standard InChI is InChI=1S/C17H23N3O/c1-4-16(15-8-6-5-7-9-15)17(21)18-10-11-20-14(3)12-13(2)19-20/h5-9,12,16H,4,10-11H2,1-3H3,(H,18,21)/t16-/m1/s1. The van der Waals surface area contributed by atoms with E-state index >= 15 is 0 Å². The molecule has 2 aromatic rings. The van der Waals surface area contributed by atoms with E-state index < -0.39 is 0 Å². The largest absolute Gasteiger partial charge is 0.354 e. The molecule has 21 heavy (non-hydrogen) atoms. The van der Waals surface area contributed by atoms with Crippen LogP contribution in [0, 0.1) is 13.8 Å². The summed E-state index contributed by atoms with van der Waals surface area (Å²) in [5, 5.41) is 7.41. The number of rotatable bonds is 6. The summed E-state index contributed by atoms with van der Waals surface area (Å²) in [7, 11) is 0. The normalized spacial score (nSPS) is 12.1. The molecular weight excluding hydrogens is 262 g/mol. The molecule has 4 heteroatoms. The first-order chi connectivity index (χ1) is 10.1. The molecule has 1 heterocycles. The maximum absolute atomic E-state index is 12.3. The lowest BCUT2D eigenvalue weighted by Gasteiger charge is -2.15. The maximum Gasteiger partial charge on any atom is 0.227 e. The van der Waals surface area contributed by atoms with E-state index in [0.717, 1.165) is 23.4 Å². The Bertz CT molecular complexity index is 589. The van der Waals surface area contributed by atoms with Crippen molar-refractivity contribution in [1.82, 2.24) is 15.1 Å². The maximum atomic E-state index is 12.3. The number of nitrogens with zero attached hydrogens (tertiary/aromatic N) is 2.